The van der Waals surface area contributed by atoms with Gasteiger partial charge in [-0.1, -0.05) is 108 Å². The predicted molar refractivity (Wildman–Crippen MR) is 137 cm³/mol. The fourth-order valence-corrected chi connectivity index (χ4v) is 4.41. The SMILES string of the molecule is CCCCCCCCCCCCCCCc1cccc(-c2c(N)cc(N)cc2C(=O)O)c1. The Morgan fingerprint density at radius 2 is 1.34 bits per heavy atom. The summed E-state index contributed by atoms with van der Waals surface area (Å²) in [5.41, 5.74) is 15.5. The Morgan fingerprint density at radius 3 is 1.91 bits per heavy atom. The van der Waals surface area contributed by atoms with E-state index in [1.807, 2.05) is 12.1 Å². The Labute approximate surface area is 194 Å². The molecule has 0 aliphatic carbocycles. The van der Waals surface area contributed by atoms with Gasteiger partial charge in [0, 0.05) is 16.9 Å². The molecule has 0 fully saturated rings. The van der Waals surface area contributed by atoms with Crippen molar-refractivity contribution in [1.82, 2.24) is 0 Å². The van der Waals surface area contributed by atoms with E-state index in [1.165, 1.54) is 88.7 Å². The van der Waals surface area contributed by atoms with Gasteiger partial charge in [0.1, 0.15) is 0 Å². The molecule has 0 aliphatic heterocycles. The molecule has 0 spiro atoms. The van der Waals surface area contributed by atoms with Gasteiger partial charge in [0.15, 0.2) is 0 Å². The van der Waals surface area contributed by atoms with E-state index < -0.39 is 5.97 Å². The zero-order valence-electron chi connectivity index (χ0n) is 19.9. The van der Waals surface area contributed by atoms with Crippen molar-refractivity contribution in [2.24, 2.45) is 0 Å². The largest absolute Gasteiger partial charge is 0.478 e. The summed E-state index contributed by atoms with van der Waals surface area (Å²) in [4.78, 5) is 11.7. The highest BCUT2D eigenvalue weighted by Crippen LogP contribution is 2.33. The minimum Gasteiger partial charge on any atom is -0.478 e. The maximum Gasteiger partial charge on any atom is 0.336 e. The van der Waals surface area contributed by atoms with Crippen LogP contribution >= 0.6 is 0 Å². The molecule has 0 unspecified atom stereocenters. The molecule has 4 nitrogen and oxygen atoms in total. The molecule has 0 aromatic heterocycles. The molecule has 0 radical (unpaired) electrons. The minimum atomic E-state index is -1.01. The number of unbranched alkanes of at least 4 members (excludes halogenated alkanes) is 12. The number of anilines is 2. The third-order valence-electron chi connectivity index (χ3n) is 6.21. The number of nitrogen functional groups attached to an aromatic ring is 2. The highest BCUT2D eigenvalue weighted by molar-refractivity contribution is 6.01. The standard InChI is InChI=1S/C28H42N2O2/c1-2-3-4-5-6-7-8-9-10-11-12-13-14-16-22-17-15-18-23(19-22)27-25(28(31)32)20-24(29)21-26(27)30/h15,17-21H,2-14,16,29-30H2,1H3,(H,31,32). The Balaban J connectivity index is 1.70. The number of aryl methyl sites for hydroxylation is 1. The molecule has 5 N–H and O–H groups in total. The van der Waals surface area contributed by atoms with Gasteiger partial charge in [-0.3, -0.25) is 0 Å². The van der Waals surface area contributed by atoms with E-state index in [0.29, 0.717) is 16.9 Å². The van der Waals surface area contributed by atoms with Crippen molar-refractivity contribution in [3.8, 4) is 11.1 Å². The van der Waals surface area contributed by atoms with Crippen LogP contribution in [0.1, 0.15) is 106 Å². The lowest BCUT2D eigenvalue weighted by Crippen LogP contribution is -2.05. The molecule has 4 heteroatoms. The van der Waals surface area contributed by atoms with E-state index in [1.54, 1.807) is 6.07 Å². The Bertz CT molecular complexity index is 832. The van der Waals surface area contributed by atoms with Gasteiger partial charge >= 0.3 is 5.97 Å². The number of carbonyl (C=O) groups is 1. The third kappa shape index (κ3) is 8.94. The van der Waals surface area contributed by atoms with Crippen LogP contribution in [-0.4, -0.2) is 11.1 Å². The molecular formula is C28H42N2O2. The molecule has 0 bridgehead atoms. The van der Waals surface area contributed by atoms with Crippen LogP contribution < -0.4 is 11.5 Å². The normalized spacial score (nSPS) is 11.0. The molecule has 0 amide bonds. The quantitative estimate of drug-likeness (QED) is 0.184. The first-order chi connectivity index (χ1) is 15.5. The second-order valence-corrected chi connectivity index (χ2v) is 9.03. The number of carboxylic acid groups (broad SMARTS) is 1. The van der Waals surface area contributed by atoms with Crippen molar-refractivity contribution in [2.75, 3.05) is 11.5 Å². The van der Waals surface area contributed by atoms with Crippen molar-refractivity contribution in [1.29, 1.82) is 0 Å². The molecule has 2 aromatic carbocycles. The second-order valence-electron chi connectivity index (χ2n) is 9.03. The van der Waals surface area contributed by atoms with Crippen LogP contribution in [0.3, 0.4) is 0 Å². The van der Waals surface area contributed by atoms with Crippen LogP contribution in [0, 0.1) is 0 Å². The number of carboxylic acids is 1. The predicted octanol–water partition coefficient (Wildman–Crippen LogP) is 7.85. The molecule has 176 valence electrons. The van der Waals surface area contributed by atoms with Gasteiger partial charge in [-0.2, -0.15) is 0 Å². The van der Waals surface area contributed by atoms with Crippen molar-refractivity contribution in [3.05, 3.63) is 47.5 Å². The molecule has 2 rings (SSSR count). The number of hydrogen-bond donors (Lipinski definition) is 3. The fourth-order valence-electron chi connectivity index (χ4n) is 4.41. The van der Waals surface area contributed by atoms with E-state index in [-0.39, 0.29) is 5.56 Å². The third-order valence-corrected chi connectivity index (χ3v) is 6.21. The van der Waals surface area contributed by atoms with Crippen LogP contribution in [0.25, 0.3) is 11.1 Å². The summed E-state index contributed by atoms with van der Waals surface area (Å²) < 4.78 is 0. The first-order valence-electron chi connectivity index (χ1n) is 12.5. The summed E-state index contributed by atoms with van der Waals surface area (Å²) in [7, 11) is 0. The first kappa shape index (κ1) is 25.8. The summed E-state index contributed by atoms with van der Waals surface area (Å²) in [5, 5.41) is 9.57. The summed E-state index contributed by atoms with van der Waals surface area (Å²) >= 11 is 0. The minimum absolute atomic E-state index is 0.153. The molecule has 0 heterocycles. The maximum absolute atomic E-state index is 11.7. The van der Waals surface area contributed by atoms with Crippen molar-refractivity contribution >= 4 is 17.3 Å². The Morgan fingerprint density at radius 1 is 0.781 bits per heavy atom. The number of hydrogen-bond acceptors (Lipinski definition) is 3. The number of rotatable bonds is 16. The van der Waals surface area contributed by atoms with Gasteiger partial charge in [0.2, 0.25) is 0 Å². The molecule has 0 saturated heterocycles. The summed E-state index contributed by atoms with van der Waals surface area (Å²) in [6.07, 6.45) is 18.5. The smallest absolute Gasteiger partial charge is 0.336 e. The van der Waals surface area contributed by atoms with Crippen LogP contribution in [0.2, 0.25) is 0 Å². The van der Waals surface area contributed by atoms with Crippen molar-refractivity contribution in [3.63, 3.8) is 0 Å². The molecule has 0 aliphatic rings. The van der Waals surface area contributed by atoms with Gasteiger partial charge in [0.25, 0.3) is 0 Å². The lowest BCUT2D eigenvalue weighted by Gasteiger charge is -2.12. The van der Waals surface area contributed by atoms with Gasteiger partial charge < -0.3 is 16.6 Å². The van der Waals surface area contributed by atoms with E-state index in [4.69, 9.17) is 11.5 Å². The monoisotopic (exact) mass is 438 g/mol. The molecule has 32 heavy (non-hydrogen) atoms. The molecule has 0 atom stereocenters. The van der Waals surface area contributed by atoms with Crippen molar-refractivity contribution in [2.45, 2.75) is 96.8 Å². The average Bonchev–Trinajstić information content (AvgIpc) is 2.76. The van der Waals surface area contributed by atoms with Gasteiger partial charge in [-0.15, -0.1) is 0 Å². The highest BCUT2D eigenvalue weighted by Gasteiger charge is 2.16. The zero-order valence-corrected chi connectivity index (χ0v) is 19.9. The maximum atomic E-state index is 11.7. The molecule has 0 saturated carbocycles. The van der Waals surface area contributed by atoms with Gasteiger partial charge in [-0.25, -0.2) is 4.79 Å². The lowest BCUT2D eigenvalue weighted by molar-refractivity contribution is 0.0698. The fraction of sp³-hybridized carbons (Fsp3) is 0.536. The van der Waals surface area contributed by atoms with Gasteiger partial charge in [-0.05, 0) is 36.1 Å². The van der Waals surface area contributed by atoms with Crippen molar-refractivity contribution < 1.29 is 9.90 Å². The molecular weight excluding hydrogens is 396 g/mol. The molecule has 2 aromatic rings. The summed E-state index contributed by atoms with van der Waals surface area (Å²) in [6, 6.07) is 11.2. The van der Waals surface area contributed by atoms with E-state index in [2.05, 4.69) is 19.1 Å². The van der Waals surface area contributed by atoms with E-state index >= 15 is 0 Å². The van der Waals surface area contributed by atoms with Crippen LogP contribution in [-0.2, 0) is 6.42 Å². The first-order valence-corrected chi connectivity index (χ1v) is 12.5. The van der Waals surface area contributed by atoms with Crippen LogP contribution in [0.4, 0.5) is 11.4 Å². The number of benzene rings is 2. The summed E-state index contributed by atoms with van der Waals surface area (Å²) in [6.45, 7) is 2.27. The van der Waals surface area contributed by atoms with Crippen LogP contribution in [0.15, 0.2) is 36.4 Å². The number of aromatic carboxylic acids is 1. The average molecular weight is 439 g/mol. The van der Waals surface area contributed by atoms with Crippen LogP contribution in [0.5, 0.6) is 0 Å². The summed E-state index contributed by atoms with van der Waals surface area (Å²) in [5.74, 6) is -1.01. The highest BCUT2D eigenvalue weighted by atomic mass is 16.4. The van der Waals surface area contributed by atoms with E-state index in [9.17, 15) is 9.90 Å². The Kier molecular flexibility index (Phi) is 11.7. The van der Waals surface area contributed by atoms with Gasteiger partial charge in [0.05, 0.1) is 5.56 Å². The lowest BCUT2D eigenvalue weighted by atomic mass is 9.94. The Hall–Kier alpha value is -2.49. The topological polar surface area (TPSA) is 89.3 Å². The zero-order chi connectivity index (χ0) is 23.2. The second kappa shape index (κ2) is 14.5. The van der Waals surface area contributed by atoms with E-state index in [0.717, 1.165) is 18.4 Å². The number of nitrogens with two attached hydrogens (primary N) is 2.